The van der Waals surface area contributed by atoms with Crippen LogP contribution in [-0.4, -0.2) is 36.5 Å². The van der Waals surface area contributed by atoms with Crippen molar-refractivity contribution in [3.63, 3.8) is 0 Å². The summed E-state index contributed by atoms with van der Waals surface area (Å²) in [5.41, 5.74) is 0. The molecular formula is C11H20O4. The molecular weight excluding hydrogens is 196 g/mol. The van der Waals surface area contributed by atoms with E-state index in [0.717, 1.165) is 25.9 Å². The molecule has 0 aromatic rings. The van der Waals surface area contributed by atoms with Gasteiger partial charge in [0.25, 0.3) is 0 Å². The Balaban J connectivity index is 2.02. The SMILES string of the molecule is CC(=O)CC(O)CCOC1CCCCO1. The Labute approximate surface area is 90.6 Å². The highest BCUT2D eigenvalue weighted by Gasteiger charge is 2.14. The summed E-state index contributed by atoms with van der Waals surface area (Å²) in [6.07, 6.45) is 3.21. The van der Waals surface area contributed by atoms with E-state index in [1.54, 1.807) is 0 Å². The molecule has 2 atom stereocenters. The molecule has 1 N–H and O–H groups in total. The summed E-state index contributed by atoms with van der Waals surface area (Å²) in [4.78, 5) is 10.7. The first-order valence-electron chi connectivity index (χ1n) is 5.59. The number of aliphatic hydroxyl groups excluding tert-OH is 1. The molecule has 0 amide bonds. The Hall–Kier alpha value is -0.450. The minimum Gasteiger partial charge on any atom is -0.393 e. The first kappa shape index (κ1) is 12.6. The van der Waals surface area contributed by atoms with Crippen LogP contribution in [-0.2, 0) is 14.3 Å². The quantitative estimate of drug-likeness (QED) is 0.726. The maximum atomic E-state index is 10.7. The second-order valence-electron chi connectivity index (χ2n) is 4.02. The predicted molar refractivity (Wildman–Crippen MR) is 55.5 cm³/mol. The van der Waals surface area contributed by atoms with Gasteiger partial charge in [-0.2, -0.15) is 0 Å². The fourth-order valence-electron chi connectivity index (χ4n) is 1.61. The Morgan fingerprint density at radius 2 is 2.40 bits per heavy atom. The molecule has 4 heteroatoms. The smallest absolute Gasteiger partial charge is 0.157 e. The van der Waals surface area contributed by atoms with E-state index in [4.69, 9.17) is 9.47 Å². The summed E-state index contributed by atoms with van der Waals surface area (Å²) in [5, 5.41) is 9.41. The fourth-order valence-corrected chi connectivity index (χ4v) is 1.61. The van der Waals surface area contributed by atoms with Crippen molar-refractivity contribution in [1.29, 1.82) is 0 Å². The van der Waals surface area contributed by atoms with Crippen molar-refractivity contribution >= 4 is 5.78 Å². The van der Waals surface area contributed by atoms with Crippen molar-refractivity contribution in [2.24, 2.45) is 0 Å². The van der Waals surface area contributed by atoms with Gasteiger partial charge in [-0.25, -0.2) is 0 Å². The third-order valence-corrected chi connectivity index (χ3v) is 2.42. The van der Waals surface area contributed by atoms with Crippen LogP contribution in [0.2, 0.25) is 0 Å². The molecule has 0 radical (unpaired) electrons. The summed E-state index contributed by atoms with van der Waals surface area (Å²) >= 11 is 0. The van der Waals surface area contributed by atoms with Crippen LogP contribution in [0.3, 0.4) is 0 Å². The number of hydrogen-bond donors (Lipinski definition) is 1. The first-order valence-corrected chi connectivity index (χ1v) is 5.59. The lowest BCUT2D eigenvalue weighted by Crippen LogP contribution is -2.24. The van der Waals surface area contributed by atoms with Crippen LogP contribution in [0.25, 0.3) is 0 Å². The van der Waals surface area contributed by atoms with E-state index in [1.165, 1.54) is 6.92 Å². The van der Waals surface area contributed by atoms with Crippen LogP contribution in [0.4, 0.5) is 0 Å². The van der Waals surface area contributed by atoms with E-state index in [2.05, 4.69) is 0 Å². The number of carbonyl (C=O) groups excluding carboxylic acids is 1. The van der Waals surface area contributed by atoms with Gasteiger partial charge in [-0.1, -0.05) is 0 Å². The van der Waals surface area contributed by atoms with Crippen LogP contribution in [0.1, 0.15) is 39.0 Å². The molecule has 0 saturated carbocycles. The molecule has 1 aliphatic heterocycles. The second kappa shape index (κ2) is 6.93. The summed E-state index contributed by atoms with van der Waals surface area (Å²) in [7, 11) is 0. The Bertz CT molecular complexity index is 187. The van der Waals surface area contributed by atoms with Gasteiger partial charge in [0, 0.05) is 13.0 Å². The van der Waals surface area contributed by atoms with Crippen LogP contribution < -0.4 is 0 Å². The minimum absolute atomic E-state index is 0.0106. The number of carbonyl (C=O) groups is 1. The van der Waals surface area contributed by atoms with Gasteiger partial charge >= 0.3 is 0 Å². The largest absolute Gasteiger partial charge is 0.393 e. The third kappa shape index (κ3) is 5.87. The van der Waals surface area contributed by atoms with Crippen LogP contribution in [0.15, 0.2) is 0 Å². The lowest BCUT2D eigenvalue weighted by atomic mass is 10.1. The van der Waals surface area contributed by atoms with E-state index in [-0.39, 0.29) is 18.5 Å². The van der Waals surface area contributed by atoms with E-state index in [9.17, 15) is 9.90 Å². The van der Waals surface area contributed by atoms with Crippen molar-refractivity contribution in [3.8, 4) is 0 Å². The molecule has 0 aromatic heterocycles. The maximum absolute atomic E-state index is 10.7. The number of ether oxygens (including phenoxy) is 2. The van der Waals surface area contributed by atoms with Crippen molar-refractivity contribution < 1.29 is 19.4 Å². The number of Topliss-reactive ketones (excluding diaryl/α,β-unsaturated/α-hetero) is 1. The topological polar surface area (TPSA) is 55.8 Å². The van der Waals surface area contributed by atoms with Gasteiger partial charge in [0.15, 0.2) is 6.29 Å². The van der Waals surface area contributed by atoms with E-state index in [0.29, 0.717) is 13.0 Å². The molecule has 0 bridgehead atoms. The van der Waals surface area contributed by atoms with Gasteiger partial charge < -0.3 is 14.6 Å². The Morgan fingerprint density at radius 1 is 1.60 bits per heavy atom. The summed E-state index contributed by atoms with van der Waals surface area (Å²) in [6.45, 7) is 2.70. The van der Waals surface area contributed by atoms with Crippen molar-refractivity contribution in [2.45, 2.75) is 51.4 Å². The van der Waals surface area contributed by atoms with Crippen molar-refractivity contribution in [3.05, 3.63) is 0 Å². The first-order chi connectivity index (χ1) is 7.18. The number of aliphatic hydroxyl groups is 1. The molecule has 1 saturated heterocycles. The molecule has 2 unspecified atom stereocenters. The van der Waals surface area contributed by atoms with Crippen molar-refractivity contribution in [1.82, 2.24) is 0 Å². The predicted octanol–water partition coefficient (Wildman–Crippen LogP) is 1.26. The number of ketones is 1. The summed E-state index contributed by atoms with van der Waals surface area (Å²) in [6, 6.07) is 0. The van der Waals surface area contributed by atoms with Gasteiger partial charge in [-0.05, 0) is 32.6 Å². The number of rotatable bonds is 6. The standard InChI is InChI=1S/C11H20O4/c1-9(12)8-10(13)5-7-15-11-4-2-3-6-14-11/h10-11,13H,2-8H2,1H3. The van der Waals surface area contributed by atoms with Gasteiger partial charge in [0.1, 0.15) is 5.78 Å². The van der Waals surface area contributed by atoms with E-state index >= 15 is 0 Å². The highest BCUT2D eigenvalue weighted by Crippen LogP contribution is 2.14. The molecule has 0 spiro atoms. The van der Waals surface area contributed by atoms with Crippen LogP contribution in [0.5, 0.6) is 0 Å². The molecule has 1 rings (SSSR count). The molecule has 88 valence electrons. The maximum Gasteiger partial charge on any atom is 0.157 e. The van der Waals surface area contributed by atoms with Gasteiger partial charge in [-0.15, -0.1) is 0 Å². The zero-order chi connectivity index (χ0) is 11.1. The fraction of sp³-hybridized carbons (Fsp3) is 0.909. The average molecular weight is 216 g/mol. The zero-order valence-electron chi connectivity index (χ0n) is 9.28. The summed E-state index contributed by atoms with van der Waals surface area (Å²) < 4.78 is 10.8. The lowest BCUT2D eigenvalue weighted by Gasteiger charge is -2.23. The highest BCUT2D eigenvalue weighted by atomic mass is 16.7. The zero-order valence-corrected chi connectivity index (χ0v) is 9.28. The molecule has 1 heterocycles. The molecule has 0 aliphatic carbocycles. The third-order valence-electron chi connectivity index (χ3n) is 2.42. The Kier molecular flexibility index (Phi) is 5.83. The summed E-state index contributed by atoms with van der Waals surface area (Å²) in [5.74, 6) is 0.0106. The molecule has 4 nitrogen and oxygen atoms in total. The highest BCUT2D eigenvalue weighted by molar-refractivity contribution is 5.75. The molecule has 15 heavy (non-hydrogen) atoms. The van der Waals surface area contributed by atoms with Crippen LogP contribution >= 0.6 is 0 Å². The molecule has 0 aromatic carbocycles. The van der Waals surface area contributed by atoms with Crippen molar-refractivity contribution in [2.75, 3.05) is 13.2 Å². The monoisotopic (exact) mass is 216 g/mol. The normalized spacial score (nSPS) is 23.7. The molecule has 1 aliphatic rings. The van der Waals surface area contributed by atoms with Crippen LogP contribution in [0, 0.1) is 0 Å². The molecule has 1 fully saturated rings. The number of hydrogen-bond acceptors (Lipinski definition) is 4. The minimum atomic E-state index is -0.578. The van der Waals surface area contributed by atoms with Gasteiger partial charge in [0.2, 0.25) is 0 Å². The Morgan fingerprint density at radius 3 is 3.00 bits per heavy atom. The second-order valence-corrected chi connectivity index (χ2v) is 4.02. The lowest BCUT2D eigenvalue weighted by molar-refractivity contribution is -0.165. The average Bonchev–Trinajstić information content (AvgIpc) is 2.18. The van der Waals surface area contributed by atoms with Gasteiger partial charge in [0.05, 0.1) is 12.7 Å². The van der Waals surface area contributed by atoms with E-state index < -0.39 is 6.10 Å². The van der Waals surface area contributed by atoms with Gasteiger partial charge in [-0.3, -0.25) is 4.79 Å². The van der Waals surface area contributed by atoms with E-state index in [1.807, 2.05) is 0 Å².